The third-order valence-corrected chi connectivity index (χ3v) is 3.64. The van der Waals surface area contributed by atoms with Crippen LogP contribution in [0, 0.1) is 20.8 Å². The number of hydrogen-bond donors (Lipinski definition) is 1. The number of rotatable bonds is 3. The lowest BCUT2D eigenvalue weighted by atomic mass is 9.93. The van der Waals surface area contributed by atoms with E-state index in [2.05, 4.69) is 50.4 Å². The number of halogens is 1. The normalized spacial score (nSPS) is 12.5. The summed E-state index contributed by atoms with van der Waals surface area (Å²) in [6.45, 7) is 6.35. The van der Waals surface area contributed by atoms with Gasteiger partial charge in [0, 0.05) is 5.02 Å². The second kappa shape index (κ2) is 5.77. The molecule has 2 heteroatoms. The minimum absolute atomic E-state index is 0.179. The van der Waals surface area contributed by atoms with Crippen molar-refractivity contribution >= 4 is 11.6 Å². The Morgan fingerprint density at radius 1 is 0.947 bits per heavy atom. The smallest absolute Gasteiger partial charge is 0.0577 e. The first-order valence-corrected chi connectivity index (χ1v) is 6.90. The molecule has 0 saturated carbocycles. The van der Waals surface area contributed by atoms with E-state index in [1.165, 1.54) is 27.8 Å². The van der Waals surface area contributed by atoms with Crippen LogP contribution in [0.3, 0.4) is 0 Å². The SMILES string of the molecule is CNC(c1cc(C)cc(Cl)c1)c1ccc(C)cc1C. The van der Waals surface area contributed by atoms with E-state index in [9.17, 15) is 0 Å². The van der Waals surface area contributed by atoms with Gasteiger partial charge < -0.3 is 5.32 Å². The Morgan fingerprint density at radius 3 is 2.26 bits per heavy atom. The summed E-state index contributed by atoms with van der Waals surface area (Å²) in [4.78, 5) is 0. The zero-order chi connectivity index (χ0) is 14.0. The molecule has 0 aliphatic rings. The fourth-order valence-corrected chi connectivity index (χ4v) is 2.88. The van der Waals surface area contributed by atoms with Gasteiger partial charge in [-0.3, -0.25) is 0 Å². The lowest BCUT2D eigenvalue weighted by Crippen LogP contribution is -2.18. The summed E-state index contributed by atoms with van der Waals surface area (Å²) in [5, 5.41) is 4.18. The number of hydrogen-bond acceptors (Lipinski definition) is 1. The summed E-state index contributed by atoms with van der Waals surface area (Å²) in [6.07, 6.45) is 0. The van der Waals surface area contributed by atoms with E-state index in [4.69, 9.17) is 11.6 Å². The maximum Gasteiger partial charge on any atom is 0.0577 e. The van der Waals surface area contributed by atoms with Crippen molar-refractivity contribution in [1.29, 1.82) is 0 Å². The molecule has 0 aliphatic carbocycles. The second-order valence-corrected chi connectivity index (χ2v) is 5.58. The fraction of sp³-hybridized carbons (Fsp3) is 0.294. The van der Waals surface area contributed by atoms with Crippen LogP contribution in [0.5, 0.6) is 0 Å². The van der Waals surface area contributed by atoms with Gasteiger partial charge in [-0.05, 0) is 62.2 Å². The molecule has 0 fully saturated rings. The van der Waals surface area contributed by atoms with Crippen molar-refractivity contribution in [2.45, 2.75) is 26.8 Å². The highest BCUT2D eigenvalue weighted by molar-refractivity contribution is 6.30. The lowest BCUT2D eigenvalue weighted by Gasteiger charge is -2.20. The number of benzene rings is 2. The van der Waals surface area contributed by atoms with Gasteiger partial charge in [0.25, 0.3) is 0 Å². The van der Waals surface area contributed by atoms with Gasteiger partial charge in [0.2, 0.25) is 0 Å². The molecule has 100 valence electrons. The molecule has 0 spiro atoms. The molecule has 0 radical (unpaired) electrons. The van der Waals surface area contributed by atoms with E-state index >= 15 is 0 Å². The molecule has 0 aromatic heterocycles. The molecule has 2 rings (SSSR count). The number of aryl methyl sites for hydroxylation is 3. The van der Waals surface area contributed by atoms with Crippen LogP contribution in [0.15, 0.2) is 36.4 Å². The van der Waals surface area contributed by atoms with Crippen LogP contribution >= 0.6 is 11.6 Å². The second-order valence-electron chi connectivity index (χ2n) is 5.14. The quantitative estimate of drug-likeness (QED) is 0.863. The molecule has 0 aliphatic heterocycles. The first-order valence-electron chi connectivity index (χ1n) is 6.53. The molecule has 1 N–H and O–H groups in total. The van der Waals surface area contributed by atoms with Crippen LogP contribution in [0.2, 0.25) is 5.02 Å². The van der Waals surface area contributed by atoms with Crippen molar-refractivity contribution < 1.29 is 0 Å². The van der Waals surface area contributed by atoms with Crippen molar-refractivity contribution in [2.24, 2.45) is 0 Å². The van der Waals surface area contributed by atoms with Gasteiger partial charge in [-0.1, -0.05) is 41.4 Å². The molecule has 19 heavy (non-hydrogen) atoms. The third kappa shape index (κ3) is 3.17. The van der Waals surface area contributed by atoms with Gasteiger partial charge in [-0.15, -0.1) is 0 Å². The minimum Gasteiger partial charge on any atom is -0.309 e. The summed E-state index contributed by atoms with van der Waals surface area (Å²) in [6, 6.07) is 13.0. The minimum atomic E-state index is 0.179. The van der Waals surface area contributed by atoms with Crippen LogP contribution in [0.1, 0.15) is 33.9 Å². The van der Waals surface area contributed by atoms with Crippen molar-refractivity contribution in [1.82, 2.24) is 5.32 Å². The van der Waals surface area contributed by atoms with Gasteiger partial charge in [-0.2, -0.15) is 0 Å². The average molecular weight is 274 g/mol. The average Bonchev–Trinajstić information content (AvgIpc) is 2.31. The molecule has 2 aromatic rings. The fourth-order valence-electron chi connectivity index (χ4n) is 2.58. The van der Waals surface area contributed by atoms with E-state index in [1.54, 1.807) is 0 Å². The Balaban J connectivity index is 2.49. The number of nitrogens with one attached hydrogen (secondary N) is 1. The lowest BCUT2D eigenvalue weighted by molar-refractivity contribution is 0.687. The highest BCUT2D eigenvalue weighted by Crippen LogP contribution is 2.28. The Labute approximate surface area is 120 Å². The Morgan fingerprint density at radius 2 is 1.68 bits per heavy atom. The van der Waals surface area contributed by atoms with Crippen LogP contribution in [-0.4, -0.2) is 7.05 Å². The summed E-state index contributed by atoms with van der Waals surface area (Å²) >= 11 is 6.18. The van der Waals surface area contributed by atoms with Crippen LogP contribution < -0.4 is 5.32 Å². The highest BCUT2D eigenvalue weighted by Gasteiger charge is 2.15. The monoisotopic (exact) mass is 273 g/mol. The molecule has 2 aromatic carbocycles. The highest BCUT2D eigenvalue weighted by atomic mass is 35.5. The maximum atomic E-state index is 6.18. The van der Waals surface area contributed by atoms with E-state index in [0.29, 0.717) is 0 Å². The molecule has 0 amide bonds. The van der Waals surface area contributed by atoms with Gasteiger partial charge >= 0.3 is 0 Å². The molecule has 1 unspecified atom stereocenters. The third-order valence-electron chi connectivity index (χ3n) is 3.42. The van der Waals surface area contributed by atoms with Crippen LogP contribution in [-0.2, 0) is 0 Å². The Kier molecular flexibility index (Phi) is 4.28. The van der Waals surface area contributed by atoms with E-state index in [1.807, 2.05) is 19.2 Å². The van der Waals surface area contributed by atoms with Crippen molar-refractivity contribution in [3.05, 3.63) is 69.2 Å². The van der Waals surface area contributed by atoms with Gasteiger partial charge in [-0.25, -0.2) is 0 Å². The zero-order valence-corrected chi connectivity index (χ0v) is 12.7. The summed E-state index contributed by atoms with van der Waals surface area (Å²) in [5.41, 5.74) is 6.29. The van der Waals surface area contributed by atoms with Gasteiger partial charge in [0.05, 0.1) is 6.04 Å². The maximum absolute atomic E-state index is 6.18. The standard InChI is InChI=1S/C17H20ClN/c1-11-5-6-16(13(3)7-11)17(19-4)14-8-12(2)9-15(18)10-14/h5-10,17,19H,1-4H3. The van der Waals surface area contributed by atoms with Gasteiger partial charge in [0.15, 0.2) is 0 Å². The zero-order valence-electron chi connectivity index (χ0n) is 11.9. The molecule has 1 atom stereocenters. The topological polar surface area (TPSA) is 12.0 Å². The summed E-state index contributed by atoms with van der Waals surface area (Å²) in [5.74, 6) is 0. The summed E-state index contributed by atoms with van der Waals surface area (Å²) in [7, 11) is 1.99. The van der Waals surface area contributed by atoms with E-state index < -0.39 is 0 Å². The van der Waals surface area contributed by atoms with Crippen LogP contribution in [0.25, 0.3) is 0 Å². The Bertz CT molecular complexity index is 570. The first-order chi connectivity index (χ1) is 9.01. The van der Waals surface area contributed by atoms with Crippen LogP contribution in [0.4, 0.5) is 0 Å². The molecule has 0 heterocycles. The molecule has 0 bridgehead atoms. The first kappa shape index (κ1) is 14.1. The molecule has 1 nitrogen and oxygen atoms in total. The van der Waals surface area contributed by atoms with Crippen molar-refractivity contribution in [2.75, 3.05) is 7.05 Å². The molecular formula is C17H20ClN. The van der Waals surface area contributed by atoms with E-state index in [0.717, 1.165) is 5.02 Å². The molecule has 0 saturated heterocycles. The van der Waals surface area contributed by atoms with E-state index in [-0.39, 0.29) is 6.04 Å². The molecular weight excluding hydrogens is 254 g/mol. The summed E-state index contributed by atoms with van der Waals surface area (Å²) < 4.78 is 0. The van der Waals surface area contributed by atoms with Crippen molar-refractivity contribution in [3.63, 3.8) is 0 Å². The predicted molar refractivity (Wildman–Crippen MR) is 83.0 cm³/mol. The van der Waals surface area contributed by atoms with Gasteiger partial charge in [0.1, 0.15) is 0 Å². The predicted octanol–water partition coefficient (Wildman–Crippen LogP) is 4.57. The largest absolute Gasteiger partial charge is 0.309 e. The Hall–Kier alpha value is -1.31. The van der Waals surface area contributed by atoms with Crippen molar-refractivity contribution in [3.8, 4) is 0 Å².